The Bertz CT molecular complexity index is 292. The normalized spacial score (nSPS) is 36.7. The SMILES string of the molecule is CC1CC1(C(=O)O)S(C)(=O)=O. The van der Waals surface area contributed by atoms with E-state index in [2.05, 4.69) is 0 Å². The van der Waals surface area contributed by atoms with E-state index in [-0.39, 0.29) is 12.3 Å². The lowest BCUT2D eigenvalue weighted by Gasteiger charge is -2.06. The van der Waals surface area contributed by atoms with Crippen LogP contribution in [-0.4, -0.2) is 30.5 Å². The molecule has 0 aromatic heterocycles. The van der Waals surface area contributed by atoms with Gasteiger partial charge in [0.25, 0.3) is 0 Å². The zero-order valence-corrected chi connectivity index (χ0v) is 7.18. The van der Waals surface area contributed by atoms with Gasteiger partial charge in [0.15, 0.2) is 14.6 Å². The van der Waals surface area contributed by atoms with Crippen molar-refractivity contribution < 1.29 is 18.3 Å². The molecule has 0 aromatic rings. The maximum absolute atomic E-state index is 11.0. The number of sulfone groups is 1. The average molecular weight is 178 g/mol. The van der Waals surface area contributed by atoms with Crippen molar-refractivity contribution >= 4 is 15.8 Å². The smallest absolute Gasteiger partial charge is 0.325 e. The number of aliphatic carboxylic acids is 1. The molecule has 1 fully saturated rings. The van der Waals surface area contributed by atoms with E-state index < -0.39 is 20.6 Å². The Labute approximate surface area is 65.1 Å². The minimum Gasteiger partial charge on any atom is -0.480 e. The van der Waals surface area contributed by atoms with Gasteiger partial charge in [0, 0.05) is 6.26 Å². The highest BCUT2D eigenvalue weighted by atomic mass is 32.2. The van der Waals surface area contributed by atoms with Gasteiger partial charge in [-0.3, -0.25) is 4.79 Å². The topological polar surface area (TPSA) is 71.4 Å². The van der Waals surface area contributed by atoms with Crippen LogP contribution in [0.25, 0.3) is 0 Å². The van der Waals surface area contributed by atoms with E-state index in [1.165, 1.54) is 0 Å². The van der Waals surface area contributed by atoms with Crippen molar-refractivity contribution in [3.63, 3.8) is 0 Å². The van der Waals surface area contributed by atoms with Gasteiger partial charge in [-0.1, -0.05) is 6.92 Å². The maximum Gasteiger partial charge on any atom is 0.325 e. The van der Waals surface area contributed by atoms with Gasteiger partial charge in [0.05, 0.1) is 0 Å². The Morgan fingerprint density at radius 2 is 2.00 bits per heavy atom. The molecule has 11 heavy (non-hydrogen) atoms. The Balaban J connectivity index is 3.09. The van der Waals surface area contributed by atoms with Crippen LogP contribution in [0.5, 0.6) is 0 Å². The van der Waals surface area contributed by atoms with Crippen LogP contribution in [0, 0.1) is 5.92 Å². The standard InChI is InChI=1S/C6H10O4S/c1-4-3-6(4,5(7)8)11(2,9)10/h4H,3H2,1-2H3,(H,7,8). The molecule has 1 N–H and O–H groups in total. The van der Waals surface area contributed by atoms with Crippen LogP contribution in [0.2, 0.25) is 0 Å². The summed E-state index contributed by atoms with van der Waals surface area (Å²) >= 11 is 0. The second kappa shape index (κ2) is 1.97. The zero-order valence-electron chi connectivity index (χ0n) is 6.36. The Morgan fingerprint density at radius 1 is 1.64 bits per heavy atom. The second-order valence-electron chi connectivity index (χ2n) is 3.07. The molecule has 0 aliphatic heterocycles. The van der Waals surface area contributed by atoms with E-state index in [0.29, 0.717) is 0 Å². The molecule has 0 aromatic carbocycles. The first kappa shape index (κ1) is 8.52. The molecule has 0 saturated heterocycles. The summed E-state index contributed by atoms with van der Waals surface area (Å²) < 4.78 is 20.5. The van der Waals surface area contributed by atoms with Crippen molar-refractivity contribution in [2.24, 2.45) is 5.92 Å². The van der Waals surface area contributed by atoms with E-state index in [0.717, 1.165) is 6.26 Å². The monoisotopic (exact) mass is 178 g/mol. The lowest BCUT2D eigenvalue weighted by molar-refractivity contribution is -0.137. The van der Waals surface area contributed by atoms with Crippen molar-refractivity contribution in [1.29, 1.82) is 0 Å². The summed E-state index contributed by atoms with van der Waals surface area (Å²) in [5.74, 6) is -1.46. The fraction of sp³-hybridized carbons (Fsp3) is 0.833. The molecule has 0 amide bonds. The van der Waals surface area contributed by atoms with Gasteiger partial charge in [-0.25, -0.2) is 8.42 Å². The van der Waals surface area contributed by atoms with Crippen molar-refractivity contribution in [2.75, 3.05) is 6.26 Å². The molecule has 2 unspecified atom stereocenters. The number of carboxylic acid groups (broad SMARTS) is 1. The molecular weight excluding hydrogens is 168 g/mol. The molecular formula is C6H10O4S. The summed E-state index contributed by atoms with van der Waals surface area (Å²) in [5, 5.41) is 8.63. The quantitative estimate of drug-likeness (QED) is 0.640. The Morgan fingerprint density at radius 3 is 2.00 bits per heavy atom. The highest BCUT2D eigenvalue weighted by Crippen LogP contribution is 2.49. The second-order valence-corrected chi connectivity index (χ2v) is 5.34. The van der Waals surface area contributed by atoms with Crippen molar-refractivity contribution in [3.05, 3.63) is 0 Å². The molecule has 2 atom stereocenters. The minimum atomic E-state index is -3.44. The molecule has 1 rings (SSSR count). The van der Waals surface area contributed by atoms with Gasteiger partial charge >= 0.3 is 5.97 Å². The van der Waals surface area contributed by atoms with Crippen LogP contribution < -0.4 is 0 Å². The Hall–Kier alpha value is -0.580. The Kier molecular flexibility index (Phi) is 1.52. The summed E-state index contributed by atoms with van der Waals surface area (Å²) in [6.45, 7) is 1.63. The summed E-state index contributed by atoms with van der Waals surface area (Å²) in [6, 6.07) is 0. The molecule has 0 spiro atoms. The van der Waals surface area contributed by atoms with Crippen LogP contribution in [0.1, 0.15) is 13.3 Å². The molecule has 64 valence electrons. The van der Waals surface area contributed by atoms with Crippen molar-refractivity contribution in [1.82, 2.24) is 0 Å². The highest BCUT2D eigenvalue weighted by molar-refractivity contribution is 7.93. The van der Waals surface area contributed by atoms with Gasteiger partial charge in [-0.15, -0.1) is 0 Å². The number of carboxylic acids is 1. The third-order valence-corrected chi connectivity index (χ3v) is 4.34. The number of hydrogen-bond donors (Lipinski definition) is 1. The lowest BCUT2D eigenvalue weighted by atomic mass is 10.3. The number of hydrogen-bond acceptors (Lipinski definition) is 3. The van der Waals surface area contributed by atoms with Crippen LogP contribution in [0.4, 0.5) is 0 Å². The van der Waals surface area contributed by atoms with Gasteiger partial charge in [-0.2, -0.15) is 0 Å². The first-order valence-electron chi connectivity index (χ1n) is 3.25. The molecule has 5 heteroatoms. The van der Waals surface area contributed by atoms with E-state index in [1.54, 1.807) is 6.92 Å². The van der Waals surface area contributed by atoms with E-state index in [9.17, 15) is 13.2 Å². The van der Waals surface area contributed by atoms with Gasteiger partial charge in [0.1, 0.15) is 0 Å². The first-order valence-corrected chi connectivity index (χ1v) is 5.14. The third kappa shape index (κ3) is 0.946. The fourth-order valence-electron chi connectivity index (χ4n) is 1.37. The van der Waals surface area contributed by atoms with Gasteiger partial charge in [0.2, 0.25) is 0 Å². The van der Waals surface area contributed by atoms with Crippen LogP contribution >= 0.6 is 0 Å². The van der Waals surface area contributed by atoms with E-state index in [1.807, 2.05) is 0 Å². The average Bonchev–Trinajstić information content (AvgIpc) is 2.39. The van der Waals surface area contributed by atoms with Crippen LogP contribution in [-0.2, 0) is 14.6 Å². The first-order chi connectivity index (χ1) is 4.82. The predicted molar refractivity (Wildman–Crippen MR) is 39.0 cm³/mol. The molecule has 1 aliphatic rings. The van der Waals surface area contributed by atoms with E-state index >= 15 is 0 Å². The summed E-state index contributed by atoms with van der Waals surface area (Å²) in [6.07, 6.45) is 1.23. The third-order valence-electron chi connectivity index (χ3n) is 2.27. The molecule has 0 radical (unpaired) electrons. The summed E-state index contributed by atoms with van der Waals surface area (Å²) in [7, 11) is -3.44. The van der Waals surface area contributed by atoms with E-state index in [4.69, 9.17) is 5.11 Å². The molecule has 1 aliphatic carbocycles. The highest BCUT2D eigenvalue weighted by Gasteiger charge is 2.65. The fourth-order valence-corrected chi connectivity index (χ4v) is 2.97. The number of rotatable bonds is 2. The molecule has 0 heterocycles. The summed E-state index contributed by atoms with van der Waals surface area (Å²) in [5.41, 5.74) is 0. The number of carbonyl (C=O) groups is 1. The summed E-state index contributed by atoms with van der Waals surface area (Å²) in [4.78, 5) is 10.6. The van der Waals surface area contributed by atoms with Gasteiger partial charge < -0.3 is 5.11 Å². The molecule has 1 saturated carbocycles. The van der Waals surface area contributed by atoms with Crippen molar-refractivity contribution in [2.45, 2.75) is 18.1 Å². The van der Waals surface area contributed by atoms with Crippen LogP contribution in [0.15, 0.2) is 0 Å². The molecule has 4 nitrogen and oxygen atoms in total. The lowest BCUT2D eigenvalue weighted by Crippen LogP contribution is -2.33. The largest absolute Gasteiger partial charge is 0.480 e. The molecule has 0 bridgehead atoms. The zero-order chi connectivity index (χ0) is 8.86. The van der Waals surface area contributed by atoms with Crippen molar-refractivity contribution in [3.8, 4) is 0 Å². The van der Waals surface area contributed by atoms with Gasteiger partial charge in [-0.05, 0) is 12.3 Å². The maximum atomic E-state index is 11.0. The van der Waals surface area contributed by atoms with Crippen LogP contribution in [0.3, 0.4) is 0 Å². The minimum absolute atomic E-state index is 0.241. The predicted octanol–water partition coefficient (Wildman–Crippen LogP) is -0.106.